The SMILES string of the molecule is NC(=O)CC[C@H](NC=O)C(=O)N[C@@H](Cc1ccc(F)c(F)c1)C(=O)N1CCC(CCC#Cc2cccc3c2CN(C2CCC(=O)NC2=O)C3=O)CC1. The number of hydrogen-bond donors (Lipinski definition) is 4. The second kappa shape index (κ2) is 17.0. The number of benzene rings is 2. The van der Waals surface area contributed by atoms with Gasteiger partial charge < -0.3 is 26.2 Å². The summed E-state index contributed by atoms with van der Waals surface area (Å²) in [7, 11) is 0. The lowest BCUT2D eigenvalue weighted by Crippen LogP contribution is -2.55. The number of primary amides is 1. The first-order chi connectivity index (χ1) is 24.9. The number of hydrogen-bond acceptors (Lipinski definition) is 7. The molecule has 2 aromatic rings. The third kappa shape index (κ3) is 9.17. The molecular formula is C37H40F2N6O7. The molecule has 5 N–H and O–H groups in total. The molecule has 0 saturated carbocycles. The van der Waals surface area contributed by atoms with Gasteiger partial charge in [0, 0.05) is 56.4 Å². The summed E-state index contributed by atoms with van der Waals surface area (Å²) in [5, 5.41) is 7.26. The summed E-state index contributed by atoms with van der Waals surface area (Å²) in [6.45, 7) is 1.02. The van der Waals surface area contributed by atoms with Crippen LogP contribution in [0.5, 0.6) is 0 Å². The monoisotopic (exact) mass is 718 g/mol. The Labute approximate surface area is 299 Å². The highest BCUT2D eigenvalue weighted by atomic mass is 19.2. The average Bonchev–Trinajstić information content (AvgIpc) is 3.45. The van der Waals surface area contributed by atoms with Gasteiger partial charge >= 0.3 is 0 Å². The molecule has 3 aliphatic rings. The van der Waals surface area contributed by atoms with Crippen molar-refractivity contribution >= 4 is 41.9 Å². The largest absolute Gasteiger partial charge is 0.370 e. The first kappa shape index (κ1) is 37.6. The molecule has 15 heteroatoms. The molecule has 2 aromatic carbocycles. The lowest BCUT2D eigenvalue weighted by molar-refractivity contribution is -0.138. The Morgan fingerprint density at radius 2 is 1.81 bits per heavy atom. The quantitative estimate of drug-likeness (QED) is 0.136. The molecule has 274 valence electrons. The Bertz CT molecular complexity index is 1820. The molecule has 2 saturated heterocycles. The second-order valence-corrected chi connectivity index (χ2v) is 13.2. The van der Waals surface area contributed by atoms with Crippen molar-refractivity contribution in [2.24, 2.45) is 11.7 Å². The van der Waals surface area contributed by atoms with E-state index in [4.69, 9.17) is 5.73 Å². The molecule has 0 aliphatic carbocycles. The van der Waals surface area contributed by atoms with Gasteiger partial charge in [0.15, 0.2) is 11.6 Å². The zero-order valence-electron chi connectivity index (χ0n) is 28.4. The summed E-state index contributed by atoms with van der Waals surface area (Å²) in [6, 6.07) is 5.51. The van der Waals surface area contributed by atoms with Crippen LogP contribution in [0.25, 0.3) is 0 Å². The van der Waals surface area contributed by atoms with Gasteiger partial charge in [0.05, 0.1) is 0 Å². The highest BCUT2D eigenvalue weighted by molar-refractivity contribution is 6.05. The molecule has 52 heavy (non-hydrogen) atoms. The molecule has 0 spiro atoms. The number of nitrogens with one attached hydrogen (secondary N) is 3. The van der Waals surface area contributed by atoms with E-state index in [-0.39, 0.29) is 61.9 Å². The van der Waals surface area contributed by atoms with Crippen LogP contribution in [-0.2, 0) is 41.7 Å². The summed E-state index contributed by atoms with van der Waals surface area (Å²) in [5.74, 6) is 1.59. The third-order valence-corrected chi connectivity index (χ3v) is 9.71. The number of amides is 7. The van der Waals surface area contributed by atoms with E-state index in [2.05, 4.69) is 27.8 Å². The van der Waals surface area contributed by atoms with E-state index in [1.165, 1.54) is 11.0 Å². The highest BCUT2D eigenvalue weighted by Crippen LogP contribution is 2.30. The van der Waals surface area contributed by atoms with Gasteiger partial charge in [-0.25, -0.2) is 8.78 Å². The fraction of sp³-hybridized carbons (Fsp3) is 0.432. The predicted molar refractivity (Wildman–Crippen MR) is 181 cm³/mol. The normalized spacial score (nSPS) is 18.4. The minimum atomic E-state index is -1.16. The molecule has 0 bridgehead atoms. The fourth-order valence-electron chi connectivity index (χ4n) is 6.83. The van der Waals surface area contributed by atoms with Crippen molar-refractivity contribution < 1.29 is 42.3 Å². The number of carbonyl (C=O) groups excluding carboxylic acids is 7. The lowest BCUT2D eigenvalue weighted by Gasteiger charge is -2.34. The van der Waals surface area contributed by atoms with Crippen LogP contribution < -0.4 is 21.7 Å². The summed E-state index contributed by atoms with van der Waals surface area (Å²) in [6.07, 6.45) is 3.01. The molecule has 3 atom stereocenters. The molecular weight excluding hydrogens is 678 g/mol. The van der Waals surface area contributed by atoms with E-state index < -0.39 is 53.4 Å². The number of carbonyl (C=O) groups is 7. The van der Waals surface area contributed by atoms with E-state index in [0.29, 0.717) is 49.9 Å². The van der Waals surface area contributed by atoms with E-state index in [1.807, 2.05) is 6.07 Å². The predicted octanol–water partition coefficient (Wildman–Crippen LogP) is 1.20. The van der Waals surface area contributed by atoms with E-state index in [0.717, 1.165) is 24.1 Å². The van der Waals surface area contributed by atoms with Crippen LogP contribution in [0.3, 0.4) is 0 Å². The standard InChI is InChI=1S/C37H40F2N6O7/c38-27-9-8-23(18-28(27)39)19-30(42-34(49)29(41-21-46)10-12-32(40)47)37(52)44-16-14-22(15-17-44)4-1-2-5-24-6-3-7-25-26(24)20-45(36(25)51)31-11-13-33(48)43-35(31)50/h3,6-9,18,21-22,29-31H,1,4,10-17,19-20H2,(H2,40,47)(H,41,46)(H,42,49)(H,43,48,50)/t29-,30-,31?/m0/s1. The Morgan fingerprint density at radius 1 is 1.04 bits per heavy atom. The molecule has 0 aromatic heterocycles. The van der Waals surface area contributed by atoms with Gasteiger partial charge in [0.1, 0.15) is 18.1 Å². The van der Waals surface area contributed by atoms with Crippen molar-refractivity contribution in [3.8, 4) is 11.8 Å². The van der Waals surface area contributed by atoms with Crippen molar-refractivity contribution in [2.45, 2.75) is 82.5 Å². The van der Waals surface area contributed by atoms with Gasteiger partial charge in [-0.05, 0) is 73.4 Å². The van der Waals surface area contributed by atoms with Gasteiger partial charge in [-0.2, -0.15) is 0 Å². The maximum absolute atomic E-state index is 14.0. The molecule has 3 aliphatic heterocycles. The molecule has 0 radical (unpaired) electrons. The summed E-state index contributed by atoms with van der Waals surface area (Å²) < 4.78 is 27.6. The van der Waals surface area contributed by atoms with Crippen LogP contribution in [0.1, 0.15) is 78.4 Å². The number of halogens is 2. The number of fused-ring (bicyclic) bond motifs is 1. The van der Waals surface area contributed by atoms with E-state index >= 15 is 0 Å². The Kier molecular flexibility index (Phi) is 12.3. The average molecular weight is 719 g/mol. The molecule has 13 nitrogen and oxygen atoms in total. The first-order valence-electron chi connectivity index (χ1n) is 17.2. The van der Waals surface area contributed by atoms with Crippen molar-refractivity contribution in [3.63, 3.8) is 0 Å². The molecule has 2 fully saturated rings. The van der Waals surface area contributed by atoms with Crippen molar-refractivity contribution in [1.82, 2.24) is 25.8 Å². The Balaban J connectivity index is 1.17. The minimum Gasteiger partial charge on any atom is -0.370 e. The fourth-order valence-corrected chi connectivity index (χ4v) is 6.83. The number of rotatable bonds is 13. The molecule has 3 heterocycles. The van der Waals surface area contributed by atoms with Gasteiger partial charge in [0.25, 0.3) is 5.91 Å². The van der Waals surface area contributed by atoms with Crippen LogP contribution in [0.4, 0.5) is 8.78 Å². The molecule has 7 amide bonds. The van der Waals surface area contributed by atoms with Crippen LogP contribution in [0, 0.1) is 29.4 Å². The van der Waals surface area contributed by atoms with Crippen molar-refractivity contribution in [3.05, 3.63) is 70.3 Å². The van der Waals surface area contributed by atoms with Gasteiger partial charge in [-0.3, -0.25) is 38.9 Å². The van der Waals surface area contributed by atoms with E-state index in [1.54, 1.807) is 17.0 Å². The Morgan fingerprint density at radius 3 is 2.50 bits per heavy atom. The van der Waals surface area contributed by atoms with Gasteiger partial charge in [0.2, 0.25) is 35.9 Å². The number of nitrogens with two attached hydrogens (primary N) is 1. The summed E-state index contributed by atoms with van der Waals surface area (Å²) in [5.41, 5.74) is 7.42. The topological polar surface area (TPSA) is 188 Å². The van der Waals surface area contributed by atoms with Crippen molar-refractivity contribution in [2.75, 3.05) is 13.1 Å². The third-order valence-electron chi connectivity index (χ3n) is 9.71. The first-order valence-corrected chi connectivity index (χ1v) is 17.2. The number of likely N-dealkylation sites (tertiary alicyclic amines) is 1. The summed E-state index contributed by atoms with van der Waals surface area (Å²) >= 11 is 0. The number of imide groups is 1. The minimum absolute atomic E-state index is 0.0913. The zero-order chi connectivity index (χ0) is 37.4. The van der Waals surface area contributed by atoms with Gasteiger partial charge in [-0.1, -0.05) is 24.0 Å². The lowest BCUT2D eigenvalue weighted by atomic mass is 9.91. The summed E-state index contributed by atoms with van der Waals surface area (Å²) in [4.78, 5) is 89.4. The zero-order valence-corrected chi connectivity index (χ0v) is 28.4. The maximum atomic E-state index is 14.0. The maximum Gasteiger partial charge on any atom is 0.255 e. The smallest absolute Gasteiger partial charge is 0.255 e. The van der Waals surface area contributed by atoms with Gasteiger partial charge in [-0.15, -0.1) is 0 Å². The Hall–Kier alpha value is -5.65. The van der Waals surface area contributed by atoms with Crippen LogP contribution >= 0.6 is 0 Å². The molecule has 5 rings (SSSR count). The van der Waals surface area contributed by atoms with Crippen molar-refractivity contribution in [1.29, 1.82) is 0 Å². The number of piperidine rings is 2. The van der Waals surface area contributed by atoms with Crippen LogP contribution in [0.2, 0.25) is 0 Å². The highest BCUT2D eigenvalue weighted by Gasteiger charge is 2.39. The van der Waals surface area contributed by atoms with E-state index in [9.17, 15) is 42.3 Å². The number of nitrogens with zero attached hydrogens (tertiary/aromatic N) is 2. The second-order valence-electron chi connectivity index (χ2n) is 13.2. The van der Waals surface area contributed by atoms with Crippen LogP contribution in [0.15, 0.2) is 36.4 Å². The van der Waals surface area contributed by atoms with Crippen LogP contribution in [-0.4, -0.2) is 82.9 Å². The molecule has 1 unspecified atom stereocenters.